The van der Waals surface area contributed by atoms with Crippen LogP contribution in [0.5, 0.6) is 0 Å². The third-order valence-electron chi connectivity index (χ3n) is 6.16. The van der Waals surface area contributed by atoms with Crippen LogP contribution in [0.4, 0.5) is 4.39 Å². The Morgan fingerprint density at radius 3 is 2.39 bits per heavy atom. The Morgan fingerprint density at radius 2 is 1.75 bits per heavy atom. The number of aliphatic imine (C=N–C) groups is 1. The van der Waals surface area contributed by atoms with Gasteiger partial charge in [0.15, 0.2) is 5.96 Å². The molecule has 0 aromatic rings. The predicted molar refractivity (Wildman–Crippen MR) is 111 cm³/mol. The summed E-state index contributed by atoms with van der Waals surface area (Å²) in [5, 5.41) is 6.46. The van der Waals surface area contributed by atoms with Gasteiger partial charge in [-0.3, -0.25) is 15.5 Å². The van der Waals surface area contributed by atoms with Gasteiger partial charge < -0.3 is 5.32 Å². The molecule has 2 saturated carbocycles. The molecule has 1 heterocycles. The van der Waals surface area contributed by atoms with Crippen LogP contribution in [-0.4, -0.2) is 41.7 Å². The molecule has 1 amide bonds. The van der Waals surface area contributed by atoms with Crippen molar-refractivity contribution in [3.8, 4) is 0 Å². The van der Waals surface area contributed by atoms with Crippen molar-refractivity contribution in [2.24, 2.45) is 16.8 Å². The lowest BCUT2D eigenvalue weighted by Crippen LogP contribution is -2.48. The second kappa shape index (κ2) is 10.2. The van der Waals surface area contributed by atoms with Crippen LogP contribution in [0.2, 0.25) is 0 Å². The number of guanidine groups is 1. The van der Waals surface area contributed by atoms with E-state index in [0.717, 1.165) is 44.9 Å². The third kappa shape index (κ3) is 6.29. The van der Waals surface area contributed by atoms with Crippen LogP contribution in [0.15, 0.2) is 4.99 Å². The number of alkyl halides is 2. The monoisotopic (exact) mass is 415 g/mol. The number of carbonyl (C=O) groups is 1. The minimum Gasteiger partial charge on any atom is -0.354 e. The Labute approximate surface area is 172 Å². The van der Waals surface area contributed by atoms with Gasteiger partial charge in [-0.05, 0) is 71.1 Å². The lowest BCUT2D eigenvalue weighted by molar-refractivity contribution is -0.124. The van der Waals surface area contributed by atoms with E-state index >= 15 is 0 Å². The van der Waals surface area contributed by atoms with Gasteiger partial charge in [0.2, 0.25) is 5.91 Å². The molecule has 8 heteroatoms. The van der Waals surface area contributed by atoms with Crippen molar-refractivity contribution >= 4 is 23.5 Å². The maximum atomic E-state index is 13.4. The molecule has 3 rings (SSSR count). The molecule has 0 spiro atoms. The van der Waals surface area contributed by atoms with Crippen molar-refractivity contribution in [2.45, 2.75) is 101 Å². The summed E-state index contributed by atoms with van der Waals surface area (Å²) in [5.41, 5.74) is 6.57. The van der Waals surface area contributed by atoms with Crippen LogP contribution in [0.3, 0.4) is 0 Å². The SMILES string of the molecule is CC(C)N/C(=N\C1CC(C2CCC(F)CC2)NN1)NC(=O)C1CCC(Cl)CC1. The van der Waals surface area contributed by atoms with Gasteiger partial charge in [-0.25, -0.2) is 14.8 Å². The maximum absolute atomic E-state index is 13.4. The van der Waals surface area contributed by atoms with E-state index in [1.165, 1.54) is 0 Å². The molecule has 0 radical (unpaired) electrons. The molecule has 1 aliphatic heterocycles. The fourth-order valence-corrected chi connectivity index (χ4v) is 4.76. The van der Waals surface area contributed by atoms with E-state index in [-0.39, 0.29) is 29.4 Å². The smallest absolute Gasteiger partial charge is 0.229 e. The minimum absolute atomic E-state index is 0.00691. The van der Waals surface area contributed by atoms with Crippen LogP contribution in [-0.2, 0) is 4.79 Å². The van der Waals surface area contributed by atoms with Gasteiger partial charge in [-0.15, -0.1) is 11.6 Å². The number of nitrogens with one attached hydrogen (secondary N) is 4. The summed E-state index contributed by atoms with van der Waals surface area (Å²) in [4.78, 5) is 17.4. The zero-order chi connectivity index (χ0) is 20.1. The number of rotatable bonds is 4. The molecule has 1 saturated heterocycles. The molecule has 160 valence electrons. The number of hydrogen-bond donors (Lipinski definition) is 4. The van der Waals surface area contributed by atoms with Gasteiger partial charge in [0, 0.05) is 29.8 Å². The van der Waals surface area contributed by atoms with E-state index in [4.69, 9.17) is 16.6 Å². The Morgan fingerprint density at radius 1 is 1.07 bits per heavy atom. The molecule has 28 heavy (non-hydrogen) atoms. The standard InChI is InChI=1S/C20H35ClFN5O/c1-12(2)23-20(25-19(28)14-3-7-15(21)8-4-14)24-18-11-17(26-27-18)13-5-9-16(22)10-6-13/h12-18,26-27H,3-11H2,1-2H3,(H2,23,24,25,28). The summed E-state index contributed by atoms with van der Waals surface area (Å²) in [6.07, 6.45) is 6.73. The van der Waals surface area contributed by atoms with E-state index in [2.05, 4.69) is 21.5 Å². The summed E-state index contributed by atoms with van der Waals surface area (Å²) in [7, 11) is 0. The van der Waals surface area contributed by atoms with E-state index in [1.807, 2.05) is 13.8 Å². The lowest BCUT2D eigenvalue weighted by atomic mass is 9.82. The number of amides is 1. The zero-order valence-electron chi connectivity index (χ0n) is 17.0. The summed E-state index contributed by atoms with van der Waals surface area (Å²) in [6, 6.07) is 0.471. The molecule has 2 aliphatic carbocycles. The van der Waals surface area contributed by atoms with E-state index in [1.54, 1.807) is 0 Å². The van der Waals surface area contributed by atoms with Crippen LogP contribution in [0, 0.1) is 11.8 Å². The van der Waals surface area contributed by atoms with Crippen molar-refractivity contribution in [1.29, 1.82) is 0 Å². The van der Waals surface area contributed by atoms with E-state index in [9.17, 15) is 9.18 Å². The number of hydrogen-bond acceptors (Lipinski definition) is 4. The molecule has 6 nitrogen and oxygen atoms in total. The number of carbonyl (C=O) groups excluding carboxylic acids is 1. The van der Waals surface area contributed by atoms with Crippen LogP contribution in [0.25, 0.3) is 0 Å². The molecular formula is C20H35ClFN5O. The number of hydrazine groups is 1. The van der Waals surface area contributed by atoms with Crippen molar-refractivity contribution in [1.82, 2.24) is 21.5 Å². The van der Waals surface area contributed by atoms with Gasteiger partial charge in [0.1, 0.15) is 12.3 Å². The summed E-state index contributed by atoms with van der Waals surface area (Å²) in [5.74, 6) is 1.05. The highest BCUT2D eigenvalue weighted by Gasteiger charge is 2.33. The summed E-state index contributed by atoms with van der Waals surface area (Å²) in [6.45, 7) is 4.05. The second-order valence-electron chi connectivity index (χ2n) is 8.87. The fourth-order valence-electron chi connectivity index (χ4n) is 4.51. The Balaban J connectivity index is 1.55. The average molecular weight is 416 g/mol. The highest BCUT2D eigenvalue weighted by atomic mass is 35.5. The Kier molecular flexibility index (Phi) is 7.94. The molecule has 0 aromatic carbocycles. The summed E-state index contributed by atoms with van der Waals surface area (Å²) >= 11 is 6.16. The molecule has 0 bridgehead atoms. The van der Waals surface area contributed by atoms with Crippen molar-refractivity contribution in [2.75, 3.05) is 0 Å². The predicted octanol–water partition coefficient (Wildman–Crippen LogP) is 2.98. The van der Waals surface area contributed by atoms with Crippen molar-refractivity contribution < 1.29 is 9.18 Å². The normalized spacial score (nSPS) is 37.1. The first kappa shape index (κ1) is 21.8. The topological polar surface area (TPSA) is 77.6 Å². The van der Waals surface area contributed by atoms with Crippen LogP contribution < -0.4 is 21.5 Å². The van der Waals surface area contributed by atoms with Gasteiger partial charge in [0.25, 0.3) is 0 Å². The summed E-state index contributed by atoms with van der Waals surface area (Å²) < 4.78 is 13.4. The number of nitrogens with zero attached hydrogens (tertiary/aromatic N) is 1. The number of halogens is 2. The first-order chi connectivity index (χ1) is 13.4. The van der Waals surface area contributed by atoms with Gasteiger partial charge in [-0.2, -0.15) is 0 Å². The molecule has 3 aliphatic rings. The Hall–Kier alpha value is -0.920. The van der Waals surface area contributed by atoms with Crippen molar-refractivity contribution in [3.05, 3.63) is 0 Å². The van der Waals surface area contributed by atoms with Crippen molar-refractivity contribution in [3.63, 3.8) is 0 Å². The highest BCUT2D eigenvalue weighted by molar-refractivity contribution is 6.20. The van der Waals surface area contributed by atoms with Gasteiger partial charge >= 0.3 is 0 Å². The van der Waals surface area contributed by atoms with Gasteiger partial charge in [0.05, 0.1) is 0 Å². The average Bonchev–Trinajstić information content (AvgIpc) is 3.10. The minimum atomic E-state index is -0.634. The molecular weight excluding hydrogens is 381 g/mol. The lowest BCUT2D eigenvalue weighted by Gasteiger charge is -2.28. The van der Waals surface area contributed by atoms with E-state index in [0.29, 0.717) is 30.8 Å². The molecule has 3 fully saturated rings. The second-order valence-corrected chi connectivity index (χ2v) is 9.49. The first-order valence-corrected chi connectivity index (χ1v) is 11.3. The van der Waals surface area contributed by atoms with Crippen LogP contribution >= 0.6 is 11.6 Å². The molecule has 4 N–H and O–H groups in total. The molecule has 2 unspecified atom stereocenters. The zero-order valence-corrected chi connectivity index (χ0v) is 17.8. The fraction of sp³-hybridized carbons (Fsp3) is 0.900. The molecule has 0 aromatic heterocycles. The largest absolute Gasteiger partial charge is 0.354 e. The highest BCUT2D eigenvalue weighted by Crippen LogP contribution is 2.31. The quantitative estimate of drug-likeness (QED) is 0.323. The van der Waals surface area contributed by atoms with E-state index < -0.39 is 6.17 Å². The first-order valence-electron chi connectivity index (χ1n) is 10.8. The Bertz CT molecular complexity index is 545. The molecule has 2 atom stereocenters. The van der Waals surface area contributed by atoms with Gasteiger partial charge in [-0.1, -0.05) is 0 Å². The third-order valence-corrected chi connectivity index (χ3v) is 6.60. The maximum Gasteiger partial charge on any atom is 0.229 e. The van der Waals surface area contributed by atoms with Crippen LogP contribution in [0.1, 0.15) is 71.6 Å².